The van der Waals surface area contributed by atoms with Crippen LogP contribution in [0.5, 0.6) is 0 Å². The first-order chi connectivity index (χ1) is 8.99. The predicted molar refractivity (Wildman–Crippen MR) is 86.4 cm³/mol. The molecule has 1 nitrogen and oxygen atoms in total. The minimum atomic E-state index is 0.419. The lowest BCUT2D eigenvalue weighted by atomic mass is 9.79. The van der Waals surface area contributed by atoms with E-state index in [-0.39, 0.29) is 0 Å². The molecule has 1 N–H and O–H groups in total. The largest absolute Gasteiger partial charge is 0.316 e. The van der Waals surface area contributed by atoms with Crippen LogP contribution in [0.25, 0.3) is 0 Å². The van der Waals surface area contributed by atoms with Crippen molar-refractivity contribution in [2.45, 2.75) is 40.0 Å². The summed E-state index contributed by atoms with van der Waals surface area (Å²) in [6.45, 7) is 9.28. The molecule has 0 radical (unpaired) electrons. The van der Waals surface area contributed by atoms with E-state index in [0.717, 1.165) is 24.9 Å². The van der Waals surface area contributed by atoms with E-state index in [2.05, 4.69) is 66.3 Å². The van der Waals surface area contributed by atoms with Crippen molar-refractivity contribution in [3.8, 4) is 0 Å². The molecule has 1 fully saturated rings. The van der Waals surface area contributed by atoms with Gasteiger partial charge in [0, 0.05) is 11.0 Å². The standard InChI is InChI=1S/C17H26BrN/c1-13(2)11-19-12-17(3,15-6-7-15)10-14-4-8-16(18)9-5-14/h4-5,8-9,13,15,19H,6-7,10-12H2,1-3H3. The van der Waals surface area contributed by atoms with Crippen molar-refractivity contribution in [1.82, 2.24) is 5.32 Å². The van der Waals surface area contributed by atoms with E-state index >= 15 is 0 Å². The minimum Gasteiger partial charge on any atom is -0.316 e. The van der Waals surface area contributed by atoms with Crippen molar-refractivity contribution < 1.29 is 0 Å². The van der Waals surface area contributed by atoms with Gasteiger partial charge in [0.1, 0.15) is 0 Å². The average Bonchev–Trinajstić information content (AvgIpc) is 3.16. The molecule has 0 bridgehead atoms. The van der Waals surface area contributed by atoms with E-state index in [1.807, 2.05) is 0 Å². The van der Waals surface area contributed by atoms with Crippen LogP contribution in [0.4, 0.5) is 0 Å². The zero-order valence-electron chi connectivity index (χ0n) is 12.4. The van der Waals surface area contributed by atoms with Crippen LogP contribution in [-0.2, 0) is 6.42 Å². The highest BCUT2D eigenvalue weighted by Gasteiger charge is 2.40. The van der Waals surface area contributed by atoms with E-state index in [4.69, 9.17) is 0 Å². The fraction of sp³-hybridized carbons (Fsp3) is 0.647. The van der Waals surface area contributed by atoms with Crippen LogP contribution in [0.1, 0.15) is 39.2 Å². The first-order valence-corrected chi connectivity index (χ1v) is 8.24. The van der Waals surface area contributed by atoms with Gasteiger partial charge in [-0.25, -0.2) is 0 Å². The van der Waals surface area contributed by atoms with Gasteiger partial charge in [0.2, 0.25) is 0 Å². The summed E-state index contributed by atoms with van der Waals surface area (Å²) in [5.74, 6) is 1.65. The zero-order chi connectivity index (χ0) is 13.9. The molecule has 0 heterocycles. The Morgan fingerprint density at radius 1 is 1.26 bits per heavy atom. The number of hydrogen-bond acceptors (Lipinski definition) is 1. The molecule has 1 unspecified atom stereocenters. The highest BCUT2D eigenvalue weighted by molar-refractivity contribution is 9.10. The van der Waals surface area contributed by atoms with Gasteiger partial charge in [0.05, 0.1) is 0 Å². The molecule has 2 heteroatoms. The van der Waals surface area contributed by atoms with Gasteiger partial charge in [-0.3, -0.25) is 0 Å². The molecular formula is C17H26BrN. The minimum absolute atomic E-state index is 0.419. The molecule has 1 aliphatic carbocycles. The normalized spacial score (nSPS) is 18.6. The molecule has 1 saturated carbocycles. The van der Waals surface area contributed by atoms with Crippen molar-refractivity contribution in [3.05, 3.63) is 34.3 Å². The summed E-state index contributed by atoms with van der Waals surface area (Å²) in [5, 5.41) is 3.67. The maximum Gasteiger partial charge on any atom is 0.0175 e. The van der Waals surface area contributed by atoms with Crippen molar-refractivity contribution in [3.63, 3.8) is 0 Å². The van der Waals surface area contributed by atoms with E-state index in [1.54, 1.807) is 0 Å². The highest BCUT2D eigenvalue weighted by atomic mass is 79.9. The van der Waals surface area contributed by atoms with E-state index < -0.39 is 0 Å². The van der Waals surface area contributed by atoms with Crippen molar-refractivity contribution in [2.75, 3.05) is 13.1 Å². The molecule has 106 valence electrons. The fourth-order valence-electron chi connectivity index (χ4n) is 2.85. The second-order valence-corrected chi connectivity index (χ2v) is 7.67. The second kappa shape index (κ2) is 6.41. The molecule has 1 aromatic carbocycles. The topological polar surface area (TPSA) is 12.0 Å². The summed E-state index contributed by atoms with van der Waals surface area (Å²) in [5.41, 5.74) is 1.88. The summed E-state index contributed by atoms with van der Waals surface area (Å²) in [6, 6.07) is 8.83. The van der Waals surface area contributed by atoms with Gasteiger partial charge >= 0.3 is 0 Å². The van der Waals surface area contributed by atoms with Gasteiger partial charge in [0.15, 0.2) is 0 Å². The molecule has 0 saturated heterocycles. The van der Waals surface area contributed by atoms with Gasteiger partial charge in [-0.05, 0) is 60.8 Å². The summed E-state index contributed by atoms with van der Waals surface area (Å²) in [7, 11) is 0. The Bertz CT molecular complexity index is 394. The number of nitrogens with one attached hydrogen (secondary N) is 1. The maximum atomic E-state index is 3.67. The van der Waals surface area contributed by atoms with Crippen molar-refractivity contribution >= 4 is 15.9 Å². The Balaban J connectivity index is 1.96. The molecule has 0 amide bonds. The smallest absolute Gasteiger partial charge is 0.0175 e. The van der Waals surface area contributed by atoms with Crippen LogP contribution >= 0.6 is 15.9 Å². The Morgan fingerprint density at radius 3 is 2.42 bits per heavy atom. The fourth-order valence-corrected chi connectivity index (χ4v) is 3.11. The molecule has 19 heavy (non-hydrogen) atoms. The molecule has 0 aliphatic heterocycles. The van der Waals surface area contributed by atoms with Crippen LogP contribution in [-0.4, -0.2) is 13.1 Å². The molecule has 1 atom stereocenters. The lowest BCUT2D eigenvalue weighted by Crippen LogP contribution is -2.37. The van der Waals surface area contributed by atoms with E-state index in [9.17, 15) is 0 Å². The van der Waals surface area contributed by atoms with Gasteiger partial charge < -0.3 is 5.32 Å². The number of benzene rings is 1. The SMILES string of the molecule is CC(C)CNCC(C)(Cc1ccc(Br)cc1)C1CC1. The quantitative estimate of drug-likeness (QED) is 0.769. The van der Waals surface area contributed by atoms with Crippen molar-refractivity contribution in [2.24, 2.45) is 17.3 Å². The third-order valence-corrected chi connectivity index (χ3v) is 4.69. The predicted octanol–water partition coefficient (Wildman–Crippen LogP) is 4.65. The third kappa shape index (κ3) is 4.61. The van der Waals surface area contributed by atoms with Gasteiger partial charge in [-0.1, -0.05) is 48.8 Å². The molecule has 0 spiro atoms. The third-order valence-electron chi connectivity index (χ3n) is 4.17. The molecule has 2 rings (SSSR count). The molecular weight excluding hydrogens is 298 g/mol. The van der Waals surface area contributed by atoms with E-state index in [1.165, 1.54) is 29.3 Å². The Morgan fingerprint density at radius 2 is 1.89 bits per heavy atom. The number of hydrogen-bond donors (Lipinski definition) is 1. The lowest BCUT2D eigenvalue weighted by Gasteiger charge is -2.31. The van der Waals surface area contributed by atoms with Crippen LogP contribution in [0.2, 0.25) is 0 Å². The Labute approximate surface area is 126 Å². The molecule has 1 aromatic rings. The van der Waals surface area contributed by atoms with Crippen molar-refractivity contribution in [1.29, 1.82) is 0 Å². The summed E-state index contributed by atoms with van der Waals surface area (Å²) >= 11 is 3.51. The monoisotopic (exact) mass is 323 g/mol. The molecule has 1 aliphatic rings. The van der Waals surface area contributed by atoms with Gasteiger partial charge in [-0.15, -0.1) is 0 Å². The second-order valence-electron chi connectivity index (χ2n) is 6.76. The van der Waals surface area contributed by atoms with Crippen LogP contribution < -0.4 is 5.32 Å². The van der Waals surface area contributed by atoms with Crippen LogP contribution in [0.15, 0.2) is 28.7 Å². The van der Waals surface area contributed by atoms with Crippen LogP contribution in [0, 0.1) is 17.3 Å². The Kier molecular flexibility index (Phi) is 5.08. The molecule has 0 aromatic heterocycles. The number of rotatable bonds is 7. The lowest BCUT2D eigenvalue weighted by molar-refractivity contribution is 0.252. The van der Waals surface area contributed by atoms with Gasteiger partial charge in [0.25, 0.3) is 0 Å². The summed E-state index contributed by atoms with van der Waals surface area (Å²) in [6.07, 6.45) is 4.02. The van der Waals surface area contributed by atoms with Crippen LogP contribution in [0.3, 0.4) is 0 Å². The first-order valence-electron chi connectivity index (χ1n) is 7.45. The maximum absolute atomic E-state index is 3.67. The zero-order valence-corrected chi connectivity index (χ0v) is 14.0. The number of halogens is 1. The summed E-state index contributed by atoms with van der Waals surface area (Å²) in [4.78, 5) is 0. The van der Waals surface area contributed by atoms with Gasteiger partial charge in [-0.2, -0.15) is 0 Å². The average molecular weight is 324 g/mol. The highest BCUT2D eigenvalue weighted by Crippen LogP contribution is 2.47. The van der Waals surface area contributed by atoms with E-state index in [0.29, 0.717) is 5.41 Å². The first kappa shape index (κ1) is 15.1. The Hall–Kier alpha value is -0.340. The summed E-state index contributed by atoms with van der Waals surface area (Å²) < 4.78 is 1.17.